The predicted molar refractivity (Wildman–Crippen MR) is 45.6 cm³/mol. The fourth-order valence-corrected chi connectivity index (χ4v) is 1.31. The first kappa shape index (κ1) is 8.00. The first-order valence-corrected chi connectivity index (χ1v) is 3.94. The van der Waals surface area contributed by atoms with Crippen LogP contribution < -0.4 is 10.6 Å². The number of hydrogen-bond donors (Lipinski definition) is 1. The van der Waals surface area contributed by atoms with E-state index < -0.39 is 0 Å². The van der Waals surface area contributed by atoms with Gasteiger partial charge in [0.05, 0.1) is 0 Å². The van der Waals surface area contributed by atoms with Crippen molar-refractivity contribution in [1.82, 2.24) is 5.16 Å². The van der Waals surface area contributed by atoms with Crippen LogP contribution in [0.4, 0.5) is 0 Å². The smallest absolute Gasteiger partial charge is 0.248 e. The normalized spacial score (nSPS) is 13.4. The Balaban J connectivity index is 2.80. The molecule has 1 aromatic heterocycles. The minimum atomic E-state index is -0.205. The lowest BCUT2D eigenvalue weighted by molar-refractivity contribution is -0.782. The van der Waals surface area contributed by atoms with Crippen molar-refractivity contribution in [2.24, 2.45) is 5.73 Å². The van der Waals surface area contributed by atoms with E-state index in [1.54, 1.807) is 18.2 Å². The maximum atomic E-state index is 11.1. The second kappa shape index (κ2) is 2.70. The zero-order valence-corrected chi connectivity index (χ0v) is 7.10. The highest BCUT2D eigenvalue weighted by atomic mass is 16.8. The Kier molecular flexibility index (Phi) is 1.66. The highest BCUT2D eigenvalue weighted by Gasteiger charge is 2.15. The third-order valence-corrected chi connectivity index (χ3v) is 1.93. The molecule has 2 rings (SSSR count). The maximum absolute atomic E-state index is 11.1. The second-order valence-electron chi connectivity index (χ2n) is 2.93. The van der Waals surface area contributed by atoms with Crippen LogP contribution in [0.25, 0.3) is 11.0 Å². The van der Waals surface area contributed by atoms with Crippen molar-refractivity contribution in [3.05, 3.63) is 29.0 Å². The summed E-state index contributed by atoms with van der Waals surface area (Å²) in [5.74, 6) is 0. The van der Waals surface area contributed by atoms with Crippen molar-refractivity contribution in [2.45, 2.75) is 13.0 Å². The summed E-state index contributed by atoms with van der Waals surface area (Å²) in [4.78, 5) is 0.383. The third kappa shape index (κ3) is 1.13. The Morgan fingerprint density at radius 3 is 3.08 bits per heavy atom. The largest absolute Gasteiger partial charge is 0.359 e. The maximum Gasteiger partial charge on any atom is 0.248 e. The topological polar surface area (TPSA) is 79.0 Å². The van der Waals surface area contributed by atoms with Crippen LogP contribution in [0.2, 0.25) is 0 Å². The summed E-state index contributed by atoms with van der Waals surface area (Å²) in [6.07, 6.45) is 0. The molecule has 2 N–H and O–H groups in total. The average molecular weight is 179 g/mol. The molecule has 0 bridgehead atoms. The summed E-state index contributed by atoms with van der Waals surface area (Å²) in [6, 6.07) is 5.09. The predicted octanol–water partition coefficient (Wildman–Crippen LogP) is 0.481. The van der Waals surface area contributed by atoms with Crippen LogP contribution in [0.3, 0.4) is 0 Å². The molecule has 0 spiro atoms. The van der Waals surface area contributed by atoms with Crippen molar-refractivity contribution in [1.29, 1.82) is 0 Å². The average Bonchev–Trinajstić information content (AvgIpc) is 2.48. The van der Waals surface area contributed by atoms with Gasteiger partial charge >= 0.3 is 0 Å². The monoisotopic (exact) mass is 179 g/mol. The Labute approximate surface area is 74.3 Å². The van der Waals surface area contributed by atoms with Gasteiger partial charge in [-0.3, -0.25) is 4.63 Å². The Hall–Kier alpha value is -1.62. The summed E-state index contributed by atoms with van der Waals surface area (Å²) in [5, 5.41) is 14.7. The number of nitrogens with zero attached hydrogens (tertiary/aromatic N) is 2. The molecule has 1 heterocycles. The first-order chi connectivity index (χ1) is 6.20. The summed E-state index contributed by atoms with van der Waals surface area (Å²) >= 11 is 0. The Bertz CT molecular complexity index is 436. The van der Waals surface area contributed by atoms with E-state index in [9.17, 15) is 5.21 Å². The molecule has 5 heteroatoms. The summed E-state index contributed by atoms with van der Waals surface area (Å²) in [6.45, 7) is 1.81. The van der Waals surface area contributed by atoms with Crippen LogP contribution in [0.5, 0.6) is 0 Å². The SMILES string of the molecule is CC(N)c1cccc2no[n+]([O-])c12. The van der Waals surface area contributed by atoms with Crippen LogP contribution in [0.15, 0.2) is 22.8 Å². The van der Waals surface area contributed by atoms with Gasteiger partial charge in [0.2, 0.25) is 11.0 Å². The Morgan fingerprint density at radius 1 is 1.62 bits per heavy atom. The van der Waals surface area contributed by atoms with Crippen molar-refractivity contribution >= 4 is 11.0 Å². The van der Waals surface area contributed by atoms with Gasteiger partial charge in [0.25, 0.3) is 0 Å². The molecule has 68 valence electrons. The molecule has 2 aromatic rings. The van der Waals surface area contributed by atoms with Crippen LogP contribution in [0.1, 0.15) is 18.5 Å². The lowest BCUT2D eigenvalue weighted by atomic mass is 10.1. The van der Waals surface area contributed by atoms with Crippen molar-refractivity contribution < 1.29 is 9.53 Å². The molecular formula is C8H9N3O2. The number of fused-ring (bicyclic) bond motifs is 1. The van der Waals surface area contributed by atoms with Crippen LogP contribution in [-0.2, 0) is 0 Å². The van der Waals surface area contributed by atoms with Gasteiger partial charge in [0, 0.05) is 16.8 Å². The lowest BCUT2D eigenvalue weighted by Gasteiger charge is -2.03. The molecule has 0 aliphatic carbocycles. The molecule has 0 fully saturated rings. The molecule has 0 saturated heterocycles. The van der Waals surface area contributed by atoms with Crippen LogP contribution in [0, 0.1) is 5.21 Å². The van der Waals surface area contributed by atoms with E-state index in [2.05, 4.69) is 9.79 Å². The van der Waals surface area contributed by atoms with Gasteiger partial charge in [0.1, 0.15) is 0 Å². The van der Waals surface area contributed by atoms with Crippen LogP contribution >= 0.6 is 0 Å². The van der Waals surface area contributed by atoms with Gasteiger partial charge in [-0.2, -0.15) is 0 Å². The second-order valence-corrected chi connectivity index (χ2v) is 2.93. The number of hydrogen-bond acceptors (Lipinski definition) is 4. The highest BCUT2D eigenvalue weighted by molar-refractivity contribution is 5.74. The number of rotatable bonds is 1. The number of aromatic nitrogens is 2. The summed E-state index contributed by atoms with van der Waals surface area (Å²) in [7, 11) is 0. The van der Waals surface area contributed by atoms with Gasteiger partial charge in [0.15, 0.2) is 0 Å². The molecule has 1 atom stereocenters. The minimum absolute atomic E-state index is 0.205. The quantitative estimate of drug-likeness (QED) is 0.646. The summed E-state index contributed by atoms with van der Waals surface area (Å²) < 4.78 is 4.46. The fraction of sp³-hybridized carbons (Fsp3) is 0.250. The molecule has 0 amide bonds. The van der Waals surface area contributed by atoms with E-state index in [1.807, 2.05) is 6.92 Å². The number of nitrogens with two attached hydrogens (primary N) is 1. The van der Waals surface area contributed by atoms with E-state index >= 15 is 0 Å². The fourth-order valence-electron chi connectivity index (χ4n) is 1.31. The van der Waals surface area contributed by atoms with E-state index in [1.165, 1.54) is 0 Å². The van der Waals surface area contributed by atoms with Crippen LogP contribution in [-0.4, -0.2) is 5.16 Å². The van der Waals surface area contributed by atoms with Gasteiger partial charge in [-0.05, 0) is 17.9 Å². The first-order valence-electron chi connectivity index (χ1n) is 3.94. The highest BCUT2D eigenvalue weighted by Crippen LogP contribution is 2.18. The van der Waals surface area contributed by atoms with E-state index in [0.717, 1.165) is 5.56 Å². The number of para-hydroxylation sites is 1. The molecule has 1 unspecified atom stereocenters. The summed E-state index contributed by atoms with van der Waals surface area (Å²) in [5.41, 5.74) is 7.38. The molecule has 5 nitrogen and oxygen atoms in total. The minimum Gasteiger partial charge on any atom is -0.359 e. The molecule has 0 saturated carbocycles. The lowest BCUT2D eigenvalue weighted by Crippen LogP contribution is -2.25. The molecular weight excluding hydrogens is 170 g/mol. The zero-order chi connectivity index (χ0) is 9.42. The number of benzene rings is 1. The van der Waals surface area contributed by atoms with Crippen molar-refractivity contribution in [2.75, 3.05) is 0 Å². The van der Waals surface area contributed by atoms with Crippen molar-refractivity contribution in [3.63, 3.8) is 0 Å². The zero-order valence-electron chi connectivity index (χ0n) is 7.10. The molecule has 0 radical (unpaired) electrons. The Morgan fingerprint density at radius 2 is 2.38 bits per heavy atom. The molecule has 13 heavy (non-hydrogen) atoms. The van der Waals surface area contributed by atoms with E-state index in [4.69, 9.17) is 5.73 Å². The standard InChI is InChI=1S/C8H9N3O2/c1-5(9)6-3-2-4-7-8(6)11(12)13-10-7/h2-5H,9H2,1H3. The molecule has 0 aliphatic heterocycles. The van der Waals surface area contributed by atoms with Gasteiger partial charge in [-0.15, -0.1) is 0 Å². The molecule has 0 aliphatic rings. The third-order valence-electron chi connectivity index (χ3n) is 1.93. The van der Waals surface area contributed by atoms with E-state index in [0.29, 0.717) is 15.9 Å². The van der Waals surface area contributed by atoms with E-state index in [-0.39, 0.29) is 6.04 Å². The van der Waals surface area contributed by atoms with Gasteiger partial charge in [-0.1, -0.05) is 12.1 Å². The van der Waals surface area contributed by atoms with Gasteiger partial charge < -0.3 is 10.9 Å². The molecule has 1 aromatic carbocycles. The van der Waals surface area contributed by atoms with Gasteiger partial charge in [-0.25, -0.2) is 0 Å². The van der Waals surface area contributed by atoms with Crippen molar-refractivity contribution in [3.8, 4) is 0 Å².